The van der Waals surface area contributed by atoms with Crippen molar-refractivity contribution in [2.24, 2.45) is 0 Å². The Hall–Kier alpha value is -2.61. The van der Waals surface area contributed by atoms with Crippen molar-refractivity contribution in [1.29, 1.82) is 0 Å². The molecule has 2 aromatic heterocycles. The van der Waals surface area contributed by atoms with Gasteiger partial charge in [-0.3, -0.25) is 9.59 Å². The first-order chi connectivity index (χ1) is 12.1. The van der Waals surface area contributed by atoms with Crippen LogP contribution in [0.4, 0.5) is 4.39 Å². The molecule has 128 valence electrons. The van der Waals surface area contributed by atoms with Gasteiger partial charge in [-0.15, -0.1) is 10.2 Å². The van der Waals surface area contributed by atoms with Gasteiger partial charge in [-0.25, -0.2) is 4.39 Å². The zero-order valence-electron chi connectivity index (χ0n) is 13.3. The predicted octanol–water partition coefficient (Wildman–Crippen LogP) is 2.44. The van der Waals surface area contributed by atoms with E-state index >= 15 is 0 Å². The Labute approximate surface area is 146 Å². The van der Waals surface area contributed by atoms with Crippen molar-refractivity contribution in [3.05, 3.63) is 68.2 Å². The normalized spacial score (nSPS) is 14.4. The van der Waals surface area contributed by atoms with Gasteiger partial charge in [0.05, 0.1) is 6.54 Å². The third-order valence-corrected chi connectivity index (χ3v) is 5.37. The maximum absolute atomic E-state index is 13.0. The van der Waals surface area contributed by atoms with Crippen LogP contribution in [0.1, 0.15) is 30.3 Å². The minimum absolute atomic E-state index is 0.154. The van der Waals surface area contributed by atoms with Crippen LogP contribution >= 0.6 is 11.3 Å². The van der Waals surface area contributed by atoms with Crippen molar-refractivity contribution in [3.8, 4) is 10.6 Å². The molecule has 0 radical (unpaired) electrons. The van der Waals surface area contributed by atoms with Gasteiger partial charge in [0.15, 0.2) is 0 Å². The highest BCUT2D eigenvalue weighted by molar-refractivity contribution is 7.14. The van der Waals surface area contributed by atoms with Crippen molar-refractivity contribution >= 4 is 11.3 Å². The molecule has 0 unspecified atom stereocenters. The van der Waals surface area contributed by atoms with Gasteiger partial charge in [0.2, 0.25) is 0 Å². The van der Waals surface area contributed by atoms with Crippen LogP contribution in [0.25, 0.3) is 10.6 Å². The molecule has 2 heterocycles. The fraction of sp³-hybridized carbons (Fsp3) is 0.294. The molecule has 1 aliphatic rings. The molecule has 6 nitrogen and oxygen atoms in total. The molecule has 0 bridgehead atoms. The van der Waals surface area contributed by atoms with Crippen LogP contribution in [0.2, 0.25) is 0 Å². The van der Waals surface area contributed by atoms with Gasteiger partial charge >= 0.3 is 11.1 Å². The summed E-state index contributed by atoms with van der Waals surface area (Å²) in [5.41, 5.74) is -0.277. The number of benzene rings is 1. The summed E-state index contributed by atoms with van der Waals surface area (Å²) in [5, 5.41) is 9.41. The summed E-state index contributed by atoms with van der Waals surface area (Å²) in [4.78, 5) is 24.5. The largest absolute Gasteiger partial charge is 0.316 e. The summed E-state index contributed by atoms with van der Waals surface area (Å²) < 4.78 is 15.9. The number of hydrogen-bond acceptors (Lipinski definition) is 5. The highest BCUT2D eigenvalue weighted by Gasteiger charge is 2.21. The Kier molecular flexibility index (Phi) is 4.04. The topological polar surface area (TPSA) is 69.8 Å². The van der Waals surface area contributed by atoms with Crippen molar-refractivity contribution in [2.75, 3.05) is 0 Å². The van der Waals surface area contributed by atoms with Crippen molar-refractivity contribution in [2.45, 2.75) is 31.8 Å². The van der Waals surface area contributed by atoms with Crippen LogP contribution in [0, 0.1) is 5.82 Å². The third-order valence-electron chi connectivity index (χ3n) is 4.42. The van der Waals surface area contributed by atoms with Crippen LogP contribution in [0.5, 0.6) is 0 Å². The molecule has 8 heteroatoms. The van der Waals surface area contributed by atoms with E-state index in [9.17, 15) is 14.0 Å². The van der Waals surface area contributed by atoms with Gasteiger partial charge in [-0.05, 0) is 43.5 Å². The summed E-state index contributed by atoms with van der Waals surface area (Å²) in [5.74, 6) is -0.313. The van der Waals surface area contributed by atoms with Crippen molar-refractivity contribution in [3.63, 3.8) is 0 Å². The fourth-order valence-electron chi connectivity index (χ4n) is 2.77. The van der Waals surface area contributed by atoms with Crippen molar-refractivity contribution in [1.82, 2.24) is 19.3 Å². The van der Waals surface area contributed by atoms with Gasteiger partial charge in [-0.2, -0.15) is 0 Å². The van der Waals surface area contributed by atoms with Gasteiger partial charge in [-0.1, -0.05) is 11.3 Å². The minimum atomic E-state index is -0.548. The molecule has 0 N–H and O–H groups in total. The third kappa shape index (κ3) is 3.05. The monoisotopic (exact) mass is 358 g/mol. The van der Waals surface area contributed by atoms with E-state index < -0.39 is 11.1 Å². The Morgan fingerprint density at radius 1 is 1.08 bits per heavy atom. The molecule has 25 heavy (non-hydrogen) atoms. The summed E-state index contributed by atoms with van der Waals surface area (Å²) in [6, 6.07) is 6.14. The minimum Gasteiger partial charge on any atom is -0.306 e. The lowest BCUT2D eigenvalue weighted by Crippen LogP contribution is -2.43. The second-order valence-corrected chi connectivity index (χ2v) is 7.10. The Bertz CT molecular complexity index is 1020. The Balaban J connectivity index is 1.58. The lowest BCUT2D eigenvalue weighted by atomic mass is 9.93. The smallest absolute Gasteiger partial charge is 0.306 e. The van der Waals surface area contributed by atoms with Crippen LogP contribution in [-0.4, -0.2) is 19.3 Å². The summed E-state index contributed by atoms with van der Waals surface area (Å²) >= 11 is 1.31. The van der Waals surface area contributed by atoms with Crippen LogP contribution < -0.4 is 11.1 Å². The molecule has 1 fully saturated rings. The van der Waals surface area contributed by atoms with E-state index in [1.54, 1.807) is 24.5 Å². The summed E-state index contributed by atoms with van der Waals surface area (Å²) in [6.07, 6.45) is 6.29. The number of nitrogens with zero attached hydrogens (tertiary/aromatic N) is 4. The van der Waals surface area contributed by atoms with Gasteiger partial charge < -0.3 is 9.13 Å². The van der Waals surface area contributed by atoms with E-state index in [1.165, 1.54) is 32.6 Å². The highest BCUT2D eigenvalue weighted by Crippen LogP contribution is 2.29. The first kappa shape index (κ1) is 15.9. The second kappa shape index (κ2) is 6.36. The predicted molar refractivity (Wildman–Crippen MR) is 92.3 cm³/mol. The lowest BCUT2D eigenvalue weighted by molar-refractivity contribution is 0.303. The zero-order chi connectivity index (χ0) is 17.4. The van der Waals surface area contributed by atoms with E-state index in [2.05, 4.69) is 10.2 Å². The average molecular weight is 358 g/mol. The van der Waals surface area contributed by atoms with E-state index in [1.807, 2.05) is 0 Å². The number of hydrogen-bond donors (Lipinski definition) is 0. The fourth-order valence-corrected chi connectivity index (χ4v) is 3.61. The molecular weight excluding hydrogens is 343 g/mol. The van der Waals surface area contributed by atoms with Crippen LogP contribution in [0.3, 0.4) is 0 Å². The highest BCUT2D eigenvalue weighted by atomic mass is 32.1. The molecule has 0 atom stereocenters. The lowest BCUT2D eigenvalue weighted by Gasteiger charge is -2.27. The maximum Gasteiger partial charge on any atom is 0.316 e. The second-order valence-electron chi connectivity index (χ2n) is 6.04. The number of rotatable bonds is 4. The van der Waals surface area contributed by atoms with Gasteiger partial charge in [0.25, 0.3) is 0 Å². The Morgan fingerprint density at radius 2 is 1.84 bits per heavy atom. The molecule has 3 aromatic rings. The number of aromatic nitrogens is 4. The van der Waals surface area contributed by atoms with Crippen LogP contribution in [0.15, 0.2) is 46.2 Å². The molecule has 4 rings (SSSR count). The molecule has 1 aromatic carbocycles. The summed E-state index contributed by atoms with van der Waals surface area (Å²) in [7, 11) is 0. The SMILES string of the molecule is O=c1c(=O)n(C2CCC2)ccn1Cc1nnc(-c2ccc(F)cc2)s1. The standard InChI is InChI=1S/C17H15FN4O2S/c18-12-6-4-11(5-7-12)15-20-19-14(25-15)10-21-8-9-22(13-2-1-3-13)17(24)16(21)23/h4-9,13H,1-3,10H2. The molecule has 1 saturated carbocycles. The molecule has 0 amide bonds. The quantitative estimate of drug-likeness (QED) is 0.672. The Morgan fingerprint density at radius 3 is 2.52 bits per heavy atom. The van der Waals surface area contributed by atoms with E-state index in [4.69, 9.17) is 0 Å². The van der Waals surface area contributed by atoms with Crippen molar-refractivity contribution < 1.29 is 4.39 Å². The molecule has 0 spiro atoms. The molecular formula is C17H15FN4O2S. The zero-order valence-corrected chi connectivity index (χ0v) is 14.1. The van der Waals surface area contributed by atoms with E-state index in [-0.39, 0.29) is 18.4 Å². The first-order valence-electron chi connectivity index (χ1n) is 8.02. The van der Waals surface area contributed by atoms with Gasteiger partial charge in [0.1, 0.15) is 15.8 Å². The molecule has 1 aliphatic carbocycles. The van der Waals surface area contributed by atoms with Crippen LogP contribution in [-0.2, 0) is 6.54 Å². The van der Waals surface area contributed by atoms with Gasteiger partial charge in [0, 0.05) is 24.0 Å². The van der Waals surface area contributed by atoms with E-state index in [0.717, 1.165) is 24.8 Å². The average Bonchev–Trinajstić information content (AvgIpc) is 3.02. The summed E-state index contributed by atoms with van der Waals surface area (Å²) in [6.45, 7) is 0.193. The number of halogens is 1. The van der Waals surface area contributed by atoms with E-state index in [0.29, 0.717) is 10.0 Å². The molecule has 0 aliphatic heterocycles. The first-order valence-corrected chi connectivity index (χ1v) is 8.83. The molecule has 0 saturated heterocycles. The maximum atomic E-state index is 13.0.